The molecule has 0 fully saturated rings. The second-order valence-corrected chi connectivity index (χ2v) is 7.67. The molecule has 1 aliphatic carbocycles. The van der Waals surface area contributed by atoms with Crippen LogP contribution in [-0.2, 0) is 0 Å². The van der Waals surface area contributed by atoms with E-state index in [4.69, 9.17) is 0 Å². The first-order chi connectivity index (χ1) is 12.1. The summed E-state index contributed by atoms with van der Waals surface area (Å²) < 4.78 is 1.22. The van der Waals surface area contributed by atoms with Gasteiger partial charge in [-0.05, 0) is 65.3 Å². The quantitative estimate of drug-likeness (QED) is 0.445. The van der Waals surface area contributed by atoms with Gasteiger partial charge in [0.05, 0.1) is 0 Å². The number of aryl methyl sites for hydroxylation is 2. The molecule has 1 aliphatic rings. The standard InChI is InChI=1S/C24H21Br/c1-15-13-16(2)24(25)17(3)23(15)22-14-21(18-9-5-4-6-10-18)19-11-7-8-12-20(19)22/h4-14,21H,1-3H3/t21-/m1/s1. The van der Waals surface area contributed by atoms with E-state index in [-0.39, 0.29) is 0 Å². The van der Waals surface area contributed by atoms with Crippen LogP contribution in [0.2, 0.25) is 0 Å². The van der Waals surface area contributed by atoms with Gasteiger partial charge in [0.2, 0.25) is 0 Å². The lowest BCUT2D eigenvalue weighted by Gasteiger charge is -2.16. The van der Waals surface area contributed by atoms with Crippen LogP contribution >= 0.6 is 15.9 Å². The SMILES string of the molecule is Cc1cc(C)c(C2=C[C@H](c3ccccc3)c3ccccc32)c(C)c1Br. The highest BCUT2D eigenvalue weighted by molar-refractivity contribution is 9.10. The zero-order valence-corrected chi connectivity index (χ0v) is 16.4. The average Bonchev–Trinajstić information content (AvgIpc) is 3.00. The smallest absolute Gasteiger partial charge is 0.0284 e. The Morgan fingerprint density at radius 3 is 2.24 bits per heavy atom. The van der Waals surface area contributed by atoms with Crippen molar-refractivity contribution in [1.82, 2.24) is 0 Å². The van der Waals surface area contributed by atoms with Gasteiger partial charge in [-0.15, -0.1) is 0 Å². The second kappa shape index (κ2) is 6.31. The number of hydrogen-bond donors (Lipinski definition) is 0. The Bertz CT molecular complexity index is 980. The highest BCUT2D eigenvalue weighted by atomic mass is 79.9. The largest absolute Gasteiger partial charge is 0.0641 e. The fourth-order valence-electron chi connectivity index (χ4n) is 4.09. The van der Waals surface area contributed by atoms with Gasteiger partial charge >= 0.3 is 0 Å². The molecule has 0 amide bonds. The van der Waals surface area contributed by atoms with Crippen molar-refractivity contribution >= 4 is 21.5 Å². The summed E-state index contributed by atoms with van der Waals surface area (Å²) >= 11 is 3.78. The number of halogens is 1. The van der Waals surface area contributed by atoms with E-state index in [9.17, 15) is 0 Å². The van der Waals surface area contributed by atoms with Crippen LogP contribution < -0.4 is 0 Å². The van der Waals surface area contributed by atoms with Crippen LogP contribution in [0.1, 0.15) is 44.9 Å². The van der Waals surface area contributed by atoms with Crippen LogP contribution in [0.25, 0.3) is 5.57 Å². The van der Waals surface area contributed by atoms with Crippen molar-refractivity contribution in [3.63, 3.8) is 0 Å². The van der Waals surface area contributed by atoms with Crippen LogP contribution in [-0.4, -0.2) is 0 Å². The lowest BCUT2D eigenvalue weighted by atomic mass is 9.90. The maximum atomic E-state index is 3.78. The summed E-state index contributed by atoms with van der Waals surface area (Å²) in [5.74, 6) is 0.325. The predicted octanol–water partition coefficient (Wildman–Crippen LogP) is 6.95. The topological polar surface area (TPSA) is 0 Å². The van der Waals surface area contributed by atoms with E-state index in [1.807, 2.05) is 0 Å². The van der Waals surface area contributed by atoms with E-state index in [1.165, 1.54) is 49.0 Å². The number of allylic oxidation sites excluding steroid dienone is 1. The zero-order valence-electron chi connectivity index (χ0n) is 14.8. The third-order valence-electron chi connectivity index (χ3n) is 5.23. The summed E-state index contributed by atoms with van der Waals surface area (Å²) in [7, 11) is 0. The first-order valence-electron chi connectivity index (χ1n) is 8.70. The number of benzene rings is 3. The molecule has 0 saturated heterocycles. The van der Waals surface area contributed by atoms with Gasteiger partial charge in [0.1, 0.15) is 0 Å². The summed E-state index contributed by atoms with van der Waals surface area (Å²) in [6.45, 7) is 6.61. The Morgan fingerprint density at radius 1 is 0.800 bits per heavy atom. The molecule has 0 aromatic heterocycles. The molecule has 0 bridgehead atoms. The summed E-state index contributed by atoms with van der Waals surface area (Å²) in [5, 5.41) is 0. The molecule has 3 aromatic rings. The van der Waals surface area contributed by atoms with Gasteiger partial charge in [0.25, 0.3) is 0 Å². The van der Waals surface area contributed by atoms with E-state index < -0.39 is 0 Å². The maximum Gasteiger partial charge on any atom is 0.0284 e. The number of fused-ring (bicyclic) bond motifs is 1. The van der Waals surface area contributed by atoms with Crippen molar-refractivity contribution in [2.24, 2.45) is 0 Å². The van der Waals surface area contributed by atoms with Gasteiger partial charge < -0.3 is 0 Å². The predicted molar refractivity (Wildman–Crippen MR) is 110 cm³/mol. The van der Waals surface area contributed by atoms with Crippen LogP contribution in [0.15, 0.2) is 71.2 Å². The third-order valence-corrected chi connectivity index (χ3v) is 6.45. The molecule has 0 N–H and O–H groups in total. The van der Waals surface area contributed by atoms with Gasteiger partial charge in [0.15, 0.2) is 0 Å². The van der Waals surface area contributed by atoms with Crippen LogP contribution in [0, 0.1) is 20.8 Å². The molecule has 0 unspecified atom stereocenters. The maximum absolute atomic E-state index is 3.78. The molecular formula is C24H21Br. The zero-order chi connectivity index (χ0) is 17.6. The molecule has 3 aromatic carbocycles. The fraction of sp³-hybridized carbons (Fsp3) is 0.167. The highest BCUT2D eigenvalue weighted by Crippen LogP contribution is 2.45. The van der Waals surface area contributed by atoms with Gasteiger partial charge in [-0.2, -0.15) is 0 Å². The Kier molecular flexibility index (Phi) is 4.13. The molecule has 4 rings (SSSR count). The van der Waals surface area contributed by atoms with Crippen molar-refractivity contribution in [3.8, 4) is 0 Å². The highest BCUT2D eigenvalue weighted by Gasteiger charge is 2.27. The van der Waals surface area contributed by atoms with Crippen molar-refractivity contribution < 1.29 is 0 Å². The van der Waals surface area contributed by atoms with Crippen LogP contribution in [0.5, 0.6) is 0 Å². The van der Waals surface area contributed by atoms with Crippen molar-refractivity contribution in [2.45, 2.75) is 26.7 Å². The fourth-order valence-corrected chi connectivity index (χ4v) is 4.40. The van der Waals surface area contributed by atoms with E-state index in [0.717, 1.165) is 0 Å². The molecule has 0 saturated carbocycles. The normalized spacial score (nSPS) is 15.8. The Morgan fingerprint density at radius 2 is 1.48 bits per heavy atom. The summed E-state index contributed by atoms with van der Waals surface area (Å²) in [4.78, 5) is 0. The molecule has 1 atom stereocenters. The Labute approximate surface area is 158 Å². The first kappa shape index (κ1) is 16.4. The minimum Gasteiger partial charge on any atom is -0.0641 e. The monoisotopic (exact) mass is 388 g/mol. The minimum absolute atomic E-state index is 0.325. The number of rotatable bonds is 2. The van der Waals surface area contributed by atoms with Crippen LogP contribution in [0.3, 0.4) is 0 Å². The van der Waals surface area contributed by atoms with Crippen molar-refractivity contribution in [3.05, 3.63) is 110 Å². The second-order valence-electron chi connectivity index (χ2n) is 6.88. The van der Waals surface area contributed by atoms with E-state index in [2.05, 4.69) is 103 Å². The van der Waals surface area contributed by atoms with Crippen molar-refractivity contribution in [2.75, 3.05) is 0 Å². The van der Waals surface area contributed by atoms with Gasteiger partial charge in [-0.3, -0.25) is 0 Å². The minimum atomic E-state index is 0.325. The van der Waals surface area contributed by atoms with E-state index >= 15 is 0 Å². The molecule has 0 aliphatic heterocycles. The lowest BCUT2D eigenvalue weighted by molar-refractivity contribution is 1.05. The summed E-state index contributed by atoms with van der Waals surface area (Å²) in [6.07, 6.45) is 2.44. The molecule has 0 heterocycles. The summed E-state index contributed by atoms with van der Waals surface area (Å²) in [6, 6.07) is 21.9. The Hall–Kier alpha value is -2.12. The molecular weight excluding hydrogens is 368 g/mol. The average molecular weight is 389 g/mol. The third kappa shape index (κ3) is 2.67. The van der Waals surface area contributed by atoms with Gasteiger partial charge in [0, 0.05) is 10.4 Å². The molecule has 0 spiro atoms. The van der Waals surface area contributed by atoms with Gasteiger partial charge in [-0.1, -0.05) is 82.7 Å². The van der Waals surface area contributed by atoms with Crippen LogP contribution in [0.4, 0.5) is 0 Å². The lowest BCUT2D eigenvalue weighted by Crippen LogP contribution is -1.97. The molecule has 0 nitrogen and oxygen atoms in total. The first-order valence-corrected chi connectivity index (χ1v) is 9.50. The number of hydrogen-bond acceptors (Lipinski definition) is 0. The van der Waals surface area contributed by atoms with E-state index in [1.54, 1.807) is 0 Å². The van der Waals surface area contributed by atoms with Gasteiger partial charge in [-0.25, -0.2) is 0 Å². The summed E-state index contributed by atoms with van der Waals surface area (Å²) in [5.41, 5.74) is 10.8. The Balaban J connectivity index is 1.96. The molecule has 25 heavy (non-hydrogen) atoms. The van der Waals surface area contributed by atoms with E-state index in [0.29, 0.717) is 5.92 Å². The molecule has 124 valence electrons. The van der Waals surface area contributed by atoms with Crippen molar-refractivity contribution in [1.29, 1.82) is 0 Å². The molecule has 1 heteroatoms. The molecule has 0 radical (unpaired) electrons.